The lowest BCUT2D eigenvalue weighted by Crippen LogP contribution is -2.52. The molecule has 1 aromatic rings. The van der Waals surface area contributed by atoms with Crippen molar-refractivity contribution < 1.29 is 24.6 Å². The van der Waals surface area contributed by atoms with E-state index in [1.807, 2.05) is 30.3 Å². The molecule has 1 heterocycles. The number of hydrogen-bond acceptors (Lipinski definition) is 4. The highest BCUT2D eigenvalue weighted by Gasteiger charge is 2.35. The van der Waals surface area contributed by atoms with E-state index in [0.29, 0.717) is 24.5 Å². The van der Waals surface area contributed by atoms with Crippen molar-refractivity contribution in [3.05, 3.63) is 35.9 Å². The zero-order chi connectivity index (χ0) is 18.2. The normalized spacial score (nSPS) is 17.8. The lowest BCUT2D eigenvalue weighted by molar-refractivity contribution is -0.145. The number of carbonyl (C=O) groups excluding carboxylic acids is 1. The number of aryl methyl sites for hydroxylation is 1. The van der Waals surface area contributed by atoms with Crippen molar-refractivity contribution in [1.29, 1.82) is 0 Å². The molecule has 1 fully saturated rings. The predicted molar refractivity (Wildman–Crippen MR) is 94.8 cm³/mol. The zero-order valence-electron chi connectivity index (χ0n) is 13.8. The van der Waals surface area contributed by atoms with Crippen molar-refractivity contribution in [1.82, 2.24) is 9.80 Å². The van der Waals surface area contributed by atoms with Gasteiger partial charge in [0.15, 0.2) is 0 Å². The fraction of sp³-hybridized carbons (Fsp3) is 0.471. The summed E-state index contributed by atoms with van der Waals surface area (Å²) in [6.45, 7) is 0.166. The number of aliphatic carboxylic acids is 1. The van der Waals surface area contributed by atoms with Crippen LogP contribution in [0.25, 0.3) is 0 Å². The smallest absolute Gasteiger partial charge is 0.408 e. The summed E-state index contributed by atoms with van der Waals surface area (Å²) in [7, 11) is 0. The number of benzene rings is 1. The topological polar surface area (TPSA) is 98.2 Å². The quantitative estimate of drug-likeness (QED) is 0.761. The summed E-state index contributed by atoms with van der Waals surface area (Å²) in [5.74, 6) is -0.556. The molecule has 0 spiro atoms. The van der Waals surface area contributed by atoms with Crippen molar-refractivity contribution in [3.8, 4) is 0 Å². The van der Waals surface area contributed by atoms with Crippen molar-refractivity contribution in [2.75, 3.05) is 31.1 Å². The number of amides is 2. The van der Waals surface area contributed by atoms with E-state index in [1.165, 1.54) is 16.7 Å². The molecule has 1 atom stereocenters. The Morgan fingerprint density at radius 1 is 1.24 bits per heavy atom. The molecule has 1 aromatic carbocycles. The molecule has 0 aliphatic carbocycles. The second-order valence-electron chi connectivity index (χ2n) is 5.81. The molecular weight excluding hydrogens is 344 g/mol. The summed E-state index contributed by atoms with van der Waals surface area (Å²) in [5, 5.41) is 18.5. The van der Waals surface area contributed by atoms with Crippen LogP contribution in [0.3, 0.4) is 0 Å². The summed E-state index contributed by atoms with van der Waals surface area (Å²) in [5.41, 5.74) is 1.11. The largest absolute Gasteiger partial charge is 0.480 e. The van der Waals surface area contributed by atoms with Gasteiger partial charge in [0.05, 0.1) is 0 Å². The molecule has 136 valence electrons. The summed E-state index contributed by atoms with van der Waals surface area (Å²) >= 11 is 1.47. The summed E-state index contributed by atoms with van der Waals surface area (Å²) in [6, 6.07) is 8.91. The van der Waals surface area contributed by atoms with E-state index in [0.717, 1.165) is 16.9 Å². The number of carboxylic acid groups (broad SMARTS) is 2. The van der Waals surface area contributed by atoms with Gasteiger partial charge in [0.25, 0.3) is 0 Å². The Labute approximate surface area is 150 Å². The predicted octanol–water partition coefficient (Wildman–Crippen LogP) is 1.63. The minimum atomic E-state index is -1.15. The Morgan fingerprint density at radius 3 is 2.60 bits per heavy atom. The van der Waals surface area contributed by atoms with Crippen molar-refractivity contribution in [2.45, 2.75) is 18.9 Å². The highest BCUT2D eigenvalue weighted by atomic mass is 32.2. The Bertz CT molecular complexity index is 610. The van der Waals surface area contributed by atoms with E-state index < -0.39 is 30.6 Å². The Balaban J connectivity index is 2.02. The van der Waals surface area contributed by atoms with Gasteiger partial charge in [-0.3, -0.25) is 14.5 Å². The van der Waals surface area contributed by atoms with Gasteiger partial charge in [-0.1, -0.05) is 30.3 Å². The molecule has 0 aromatic heterocycles. The van der Waals surface area contributed by atoms with Gasteiger partial charge in [0, 0.05) is 24.6 Å². The van der Waals surface area contributed by atoms with Crippen molar-refractivity contribution in [3.63, 3.8) is 0 Å². The molecule has 2 amide bonds. The van der Waals surface area contributed by atoms with Gasteiger partial charge in [-0.25, -0.2) is 4.79 Å². The highest BCUT2D eigenvalue weighted by molar-refractivity contribution is 7.99. The number of nitrogens with zero attached hydrogens (tertiary/aromatic N) is 2. The lowest BCUT2D eigenvalue weighted by atomic mass is 10.1. The maximum Gasteiger partial charge on any atom is 0.408 e. The average molecular weight is 366 g/mol. The second kappa shape index (κ2) is 9.31. The molecule has 0 bridgehead atoms. The minimum absolute atomic E-state index is 0.238. The van der Waals surface area contributed by atoms with Crippen molar-refractivity contribution >= 4 is 29.7 Å². The standard InChI is InChI=1S/C17H22N2O5S/c20-15(21)11-18-9-10-25-12-14(16(18)22)19(17(23)24)8-4-7-13-5-2-1-3-6-13/h1-3,5-6,14H,4,7-12H2,(H,20,21)(H,23,24). The van der Waals surface area contributed by atoms with Gasteiger partial charge in [0.2, 0.25) is 5.91 Å². The molecular formula is C17H22N2O5S. The van der Waals surface area contributed by atoms with Crippen LogP contribution in [0, 0.1) is 0 Å². The van der Waals surface area contributed by atoms with Crippen LogP contribution in [-0.2, 0) is 16.0 Å². The van der Waals surface area contributed by atoms with E-state index in [1.54, 1.807) is 0 Å². The van der Waals surface area contributed by atoms with Gasteiger partial charge >= 0.3 is 12.1 Å². The van der Waals surface area contributed by atoms with Crippen LogP contribution in [0.15, 0.2) is 30.3 Å². The fourth-order valence-electron chi connectivity index (χ4n) is 2.79. The zero-order valence-corrected chi connectivity index (χ0v) is 14.7. The first-order chi connectivity index (χ1) is 12.0. The van der Waals surface area contributed by atoms with Gasteiger partial charge in [0.1, 0.15) is 12.6 Å². The second-order valence-corrected chi connectivity index (χ2v) is 6.96. The molecule has 25 heavy (non-hydrogen) atoms. The molecule has 7 nitrogen and oxygen atoms in total. The third-order valence-electron chi connectivity index (χ3n) is 4.03. The molecule has 0 radical (unpaired) electrons. The van der Waals surface area contributed by atoms with E-state index in [9.17, 15) is 19.5 Å². The van der Waals surface area contributed by atoms with E-state index >= 15 is 0 Å². The maximum atomic E-state index is 12.6. The monoisotopic (exact) mass is 366 g/mol. The van der Waals surface area contributed by atoms with Crippen LogP contribution in [0.2, 0.25) is 0 Å². The van der Waals surface area contributed by atoms with Crippen LogP contribution in [-0.4, -0.2) is 75.2 Å². The molecule has 1 unspecified atom stereocenters. The van der Waals surface area contributed by atoms with E-state index in [4.69, 9.17) is 5.11 Å². The van der Waals surface area contributed by atoms with Gasteiger partial charge in [-0.2, -0.15) is 11.8 Å². The number of carbonyl (C=O) groups is 3. The van der Waals surface area contributed by atoms with Gasteiger partial charge < -0.3 is 15.1 Å². The molecule has 1 saturated heterocycles. The van der Waals surface area contributed by atoms with Crippen LogP contribution in [0.4, 0.5) is 4.79 Å². The molecule has 0 saturated carbocycles. The van der Waals surface area contributed by atoms with Crippen LogP contribution >= 0.6 is 11.8 Å². The van der Waals surface area contributed by atoms with Crippen LogP contribution in [0.5, 0.6) is 0 Å². The number of hydrogen-bond donors (Lipinski definition) is 2. The molecule has 2 N–H and O–H groups in total. The summed E-state index contributed by atoms with van der Waals surface area (Å²) in [4.78, 5) is 37.6. The minimum Gasteiger partial charge on any atom is -0.480 e. The first-order valence-electron chi connectivity index (χ1n) is 8.11. The molecule has 2 rings (SSSR count). The SMILES string of the molecule is O=C(O)CN1CCSCC(N(CCCc2ccccc2)C(=O)O)C1=O. The highest BCUT2D eigenvalue weighted by Crippen LogP contribution is 2.18. The first-order valence-corrected chi connectivity index (χ1v) is 9.26. The van der Waals surface area contributed by atoms with Crippen molar-refractivity contribution in [2.24, 2.45) is 0 Å². The molecule has 1 aliphatic heterocycles. The summed E-state index contributed by atoms with van der Waals surface area (Å²) < 4.78 is 0. The van der Waals surface area contributed by atoms with Gasteiger partial charge in [-0.05, 0) is 18.4 Å². The molecule has 1 aliphatic rings. The van der Waals surface area contributed by atoms with Gasteiger partial charge in [-0.15, -0.1) is 0 Å². The first kappa shape index (κ1) is 19.1. The summed E-state index contributed by atoms with van der Waals surface area (Å²) in [6.07, 6.45) is 0.172. The number of carboxylic acids is 1. The maximum absolute atomic E-state index is 12.6. The average Bonchev–Trinajstić information content (AvgIpc) is 2.74. The van der Waals surface area contributed by atoms with E-state index in [-0.39, 0.29) is 6.54 Å². The number of thioether (sulfide) groups is 1. The van der Waals surface area contributed by atoms with E-state index in [2.05, 4.69) is 0 Å². The Hall–Kier alpha value is -2.22. The third-order valence-corrected chi connectivity index (χ3v) is 5.06. The Kier molecular flexibility index (Phi) is 7.12. The van der Waals surface area contributed by atoms with Crippen LogP contribution < -0.4 is 0 Å². The lowest BCUT2D eigenvalue weighted by Gasteiger charge is -2.30. The fourth-order valence-corrected chi connectivity index (χ4v) is 3.85. The number of rotatable bonds is 7. The van der Waals surface area contributed by atoms with Crippen LogP contribution in [0.1, 0.15) is 12.0 Å². The third kappa shape index (κ3) is 5.67. The molecule has 8 heteroatoms. The Morgan fingerprint density at radius 2 is 1.96 bits per heavy atom.